The van der Waals surface area contributed by atoms with E-state index in [1.807, 2.05) is 25.1 Å². The third-order valence-corrected chi connectivity index (χ3v) is 2.84. The van der Waals surface area contributed by atoms with Crippen molar-refractivity contribution in [2.24, 2.45) is 0 Å². The van der Waals surface area contributed by atoms with Gasteiger partial charge in [-0.25, -0.2) is 0 Å². The summed E-state index contributed by atoms with van der Waals surface area (Å²) in [5.41, 5.74) is 0. The lowest BCUT2D eigenvalue weighted by Crippen LogP contribution is -2.39. The van der Waals surface area contributed by atoms with E-state index in [-0.39, 0.29) is 19.3 Å². The minimum absolute atomic E-state index is 0.0199. The minimum Gasteiger partial charge on any atom is -0.497 e. The second-order valence-corrected chi connectivity index (χ2v) is 4.34. The van der Waals surface area contributed by atoms with Crippen molar-refractivity contribution >= 4 is 0 Å². The molecule has 0 spiro atoms. The Balaban J connectivity index is 2.31. The number of rotatable bonds is 9. The maximum absolute atomic E-state index is 9.78. The smallest absolute Gasteiger partial charge is 0.123 e. The van der Waals surface area contributed by atoms with Gasteiger partial charge in [-0.3, -0.25) is 0 Å². The lowest BCUT2D eigenvalue weighted by atomic mass is 10.2. The molecule has 0 heterocycles. The van der Waals surface area contributed by atoms with Gasteiger partial charge in [-0.15, -0.1) is 0 Å². The Morgan fingerprint density at radius 2 is 2.05 bits per heavy atom. The van der Waals surface area contributed by atoms with Gasteiger partial charge in [-0.05, 0) is 18.6 Å². The summed E-state index contributed by atoms with van der Waals surface area (Å²) in [5, 5.41) is 21.9. The van der Waals surface area contributed by atoms with E-state index in [9.17, 15) is 5.11 Å². The molecule has 1 aromatic rings. The molecule has 3 N–H and O–H groups in total. The molecule has 0 aliphatic carbocycles. The largest absolute Gasteiger partial charge is 0.497 e. The van der Waals surface area contributed by atoms with Crippen molar-refractivity contribution in [2.45, 2.75) is 25.5 Å². The Hall–Kier alpha value is -1.30. The second-order valence-electron chi connectivity index (χ2n) is 4.34. The number of aliphatic hydroxyl groups is 2. The highest BCUT2D eigenvalue weighted by atomic mass is 16.5. The van der Waals surface area contributed by atoms with Crippen molar-refractivity contribution in [3.63, 3.8) is 0 Å². The van der Waals surface area contributed by atoms with Gasteiger partial charge in [-0.2, -0.15) is 0 Å². The van der Waals surface area contributed by atoms with Crippen LogP contribution in [0.4, 0.5) is 0 Å². The van der Waals surface area contributed by atoms with E-state index in [0.29, 0.717) is 12.3 Å². The Morgan fingerprint density at radius 3 is 2.68 bits per heavy atom. The highest BCUT2D eigenvalue weighted by Gasteiger charge is 2.09. The molecule has 0 saturated heterocycles. The zero-order valence-electron chi connectivity index (χ0n) is 11.5. The molecule has 0 bridgehead atoms. The minimum atomic E-state index is -0.619. The molecule has 1 rings (SSSR count). The molecule has 19 heavy (non-hydrogen) atoms. The summed E-state index contributed by atoms with van der Waals surface area (Å²) in [6.07, 6.45) is 0.201. The molecule has 0 radical (unpaired) electrons. The standard InChI is InChI=1S/C14H23NO4/c1-3-11(9-16)15-8-12(17)10-19-14-6-4-5-13(7-14)18-2/h4-7,11-12,15-17H,3,8-10H2,1-2H3/t11-,12-/m0/s1. The first kappa shape index (κ1) is 15.8. The van der Waals surface area contributed by atoms with Gasteiger partial charge >= 0.3 is 0 Å². The number of methoxy groups -OCH3 is 1. The van der Waals surface area contributed by atoms with Gasteiger partial charge in [0.1, 0.15) is 24.2 Å². The first-order valence-corrected chi connectivity index (χ1v) is 6.48. The Bertz CT molecular complexity index is 355. The molecule has 0 aromatic heterocycles. The topological polar surface area (TPSA) is 71.0 Å². The van der Waals surface area contributed by atoms with E-state index < -0.39 is 6.10 Å². The molecule has 0 aliphatic heterocycles. The summed E-state index contributed by atoms with van der Waals surface area (Å²) >= 11 is 0. The van der Waals surface area contributed by atoms with Crippen LogP contribution in [0.25, 0.3) is 0 Å². The van der Waals surface area contributed by atoms with E-state index in [1.54, 1.807) is 13.2 Å². The van der Waals surface area contributed by atoms with Gasteiger partial charge in [0.15, 0.2) is 0 Å². The number of ether oxygens (including phenoxy) is 2. The number of hydrogen-bond donors (Lipinski definition) is 3. The second kappa shape index (κ2) is 8.74. The van der Waals surface area contributed by atoms with Crippen LogP contribution in [-0.4, -0.2) is 49.2 Å². The molecule has 0 fully saturated rings. The van der Waals surface area contributed by atoms with Gasteiger partial charge in [-0.1, -0.05) is 13.0 Å². The van der Waals surface area contributed by atoms with Gasteiger partial charge in [0.25, 0.3) is 0 Å². The van der Waals surface area contributed by atoms with Crippen LogP contribution in [0.5, 0.6) is 11.5 Å². The van der Waals surface area contributed by atoms with Crippen molar-refractivity contribution in [3.05, 3.63) is 24.3 Å². The van der Waals surface area contributed by atoms with Crippen molar-refractivity contribution in [1.82, 2.24) is 5.32 Å². The average Bonchev–Trinajstić information content (AvgIpc) is 2.46. The van der Waals surface area contributed by atoms with Crippen molar-refractivity contribution in [2.75, 3.05) is 26.9 Å². The summed E-state index contributed by atoms with van der Waals surface area (Å²) in [4.78, 5) is 0. The number of nitrogens with one attached hydrogen (secondary N) is 1. The quantitative estimate of drug-likeness (QED) is 0.618. The molecule has 0 saturated carbocycles. The lowest BCUT2D eigenvalue weighted by molar-refractivity contribution is 0.0993. The zero-order chi connectivity index (χ0) is 14.1. The number of hydrogen-bond acceptors (Lipinski definition) is 5. The normalized spacial score (nSPS) is 13.9. The summed E-state index contributed by atoms with van der Waals surface area (Å²) < 4.78 is 10.6. The third-order valence-electron chi connectivity index (χ3n) is 2.84. The fourth-order valence-corrected chi connectivity index (χ4v) is 1.58. The molecule has 1 aromatic carbocycles. The fraction of sp³-hybridized carbons (Fsp3) is 0.571. The fourth-order valence-electron chi connectivity index (χ4n) is 1.58. The van der Waals surface area contributed by atoms with Crippen molar-refractivity contribution in [1.29, 1.82) is 0 Å². The molecule has 2 atom stereocenters. The van der Waals surface area contributed by atoms with E-state index >= 15 is 0 Å². The van der Waals surface area contributed by atoms with E-state index in [0.717, 1.165) is 12.2 Å². The molecule has 0 aliphatic rings. The SMILES string of the molecule is CC[C@@H](CO)NC[C@H](O)COc1cccc(OC)c1. The van der Waals surface area contributed by atoms with Gasteiger partial charge in [0, 0.05) is 18.7 Å². The van der Waals surface area contributed by atoms with Crippen molar-refractivity contribution < 1.29 is 19.7 Å². The van der Waals surface area contributed by atoms with Crippen LogP contribution in [0, 0.1) is 0 Å². The number of aliphatic hydroxyl groups excluding tert-OH is 2. The maximum atomic E-state index is 9.78. The first-order chi connectivity index (χ1) is 9.19. The van der Waals surface area contributed by atoms with Gasteiger partial charge in [0.2, 0.25) is 0 Å². The highest BCUT2D eigenvalue weighted by Crippen LogP contribution is 2.18. The van der Waals surface area contributed by atoms with Crippen molar-refractivity contribution in [3.8, 4) is 11.5 Å². The summed E-state index contributed by atoms with van der Waals surface area (Å²) in [6, 6.07) is 7.26. The summed E-state index contributed by atoms with van der Waals surface area (Å²) in [6.45, 7) is 2.64. The van der Waals surface area contributed by atoms with Gasteiger partial charge in [0.05, 0.1) is 13.7 Å². The van der Waals surface area contributed by atoms with Crippen LogP contribution in [0.2, 0.25) is 0 Å². The Kier molecular flexibility index (Phi) is 7.25. The van der Waals surface area contributed by atoms with E-state index in [2.05, 4.69) is 5.32 Å². The molecular weight excluding hydrogens is 246 g/mol. The summed E-state index contributed by atoms with van der Waals surface area (Å²) in [5.74, 6) is 1.38. The molecule has 0 unspecified atom stereocenters. The Morgan fingerprint density at radius 1 is 1.32 bits per heavy atom. The predicted octanol–water partition coefficient (Wildman–Crippen LogP) is 0.795. The van der Waals surface area contributed by atoms with Crippen LogP contribution < -0.4 is 14.8 Å². The molecule has 108 valence electrons. The molecule has 5 nitrogen and oxygen atoms in total. The maximum Gasteiger partial charge on any atom is 0.123 e. The summed E-state index contributed by atoms with van der Waals surface area (Å²) in [7, 11) is 1.59. The van der Waals surface area contributed by atoms with Crippen LogP contribution >= 0.6 is 0 Å². The zero-order valence-corrected chi connectivity index (χ0v) is 11.5. The average molecular weight is 269 g/mol. The molecule has 0 amide bonds. The lowest BCUT2D eigenvalue weighted by Gasteiger charge is -2.18. The van der Waals surface area contributed by atoms with Crippen LogP contribution in [0.1, 0.15) is 13.3 Å². The monoisotopic (exact) mass is 269 g/mol. The van der Waals surface area contributed by atoms with Crippen LogP contribution in [0.15, 0.2) is 24.3 Å². The predicted molar refractivity (Wildman–Crippen MR) is 73.7 cm³/mol. The van der Waals surface area contributed by atoms with E-state index in [4.69, 9.17) is 14.6 Å². The Labute approximate surface area is 114 Å². The molecule has 5 heteroatoms. The van der Waals surface area contributed by atoms with Crippen LogP contribution in [0.3, 0.4) is 0 Å². The van der Waals surface area contributed by atoms with Gasteiger partial charge < -0.3 is 25.0 Å². The first-order valence-electron chi connectivity index (χ1n) is 6.48. The third kappa shape index (κ3) is 5.92. The number of benzene rings is 1. The van der Waals surface area contributed by atoms with E-state index in [1.165, 1.54) is 0 Å². The highest BCUT2D eigenvalue weighted by molar-refractivity contribution is 5.32. The van der Waals surface area contributed by atoms with Crippen LogP contribution in [-0.2, 0) is 0 Å². The molecular formula is C14H23NO4.